The molecule has 0 saturated carbocycles. The lowest BCUT2D eigenvalue weighted by Crippen LogP contribution is -2.54. The Morgan fingerprint density at radius 2 is 1.77 bits per heavy atom. The third-order valence-corrected chi connectivity index (χ3v) is 3.82. The molecule has 22 heavy (non-hydrogen) atoms. The fourth-order valence-corrected chi connectivity index (χ4v) is 2.53. The molecule has 0 bridgehead atoms. The molecular weight excluding hydrogens is 280 g/mol. The van der Waals surface area contributed by atoms with Gasteiger partial charge in [-0.3, -0.25) is 15.0 Å². The van der Waals surface area contributed by atoms with E-state index in [0.29, 0.717) is 31.9 Å². The van der Waals surface area contributed by atoms with Gasteiger partial charge >= 0.3 is 0 Å². The lowest BCUT2D eigenvalue weighted by molar-refractivity contribution is -0.130. The number of aromatic nitrogens is 1. The number of amides is 2. The number of pyridine rings is 1. The molecule has 2 amide bonds. The zero-order valence-electron chi connectivity index (χ0n) is 12.5. The van der Waals surface area contributed by atoms with Crippen LogP contribution >= 0.6 is 0 Å². The number of hydrogen-bond donors (Lipinski definition) is 1. The summed E-state index contributed by atoms with van der Waals surface area (Å²) in [5, 5.41) is 2.84. The van der Waals surface area contributed by atoms with Gasteiger partial charge in [-0.05, 0) is 12.1 Å². The number of carbonyl (C=O) groups is 2. The number of nitrogens with one attached hydrogen (secondary N) is 1. The Bertz CT molecular complexity index is 708. The Hall–Kier alpha value is -2.47. The van der Waals surface area contributed by atoms with Crippen LogP contribution in [0.4, 0.5) is 0 Å². The Balaban J connectivity index is 1.65. The Morgan fingerprint density at radius 3 is 2.50 bits per heavy atom. The van der Waals surface area contributed by atoms with Gasteiger partial charge in [0.05, 0.1) is 5.52 Å². The number of nitrogens with zero attached hydrogens (tertiary/aromatic N) is 3. The van der Waals surface area contributed by atoms with Crippen molar-refractivity contribution in [1.29, 1.82) is 0 Å². The minimum atomic E-state index is -0.220. The highest BCUT2D eigenvalue weighted by atomic mass is 16.2. The molecular formula is C16H18N4O2. The van der Waals surface area contributed by atoms with Gasteiger partial charge in [0.2, 0.25) is 5.91 Å². The van der Waals surface area contributed by atoms with E-state index in [2.05, 4.69) is 10.4 Å². The molecule has 1 aliphatic heterocycles. The number of benzene rings is 1. The zero-order valence-corrected chi connectivity index (χ0v) is 12.5. The number of rotatable bonds is 2. The summed E-state index contributed by atoms with van der Waals surface area (Å²) in [5.41, 5.74) is 4.05. The van der Waals surface area contributed by atoms with E-state index in [9.17, 15) is 9.59 Å². The number of piperazine rings is 1. The summed E-state index contributed by atoms with van der Waals surface area (Å²) in [4.78, 5) is 29.7. The second-order valence-corrected chi connectivity index (χ2v) is 5.32. The van der Waals surface area contributed by atoms with E-state index < -0.39 is 0 Å². The number of carbonyl (C=O) groups excluding carboxylic acids is 2. The molecule has 2 heterocycles. The third-order valence-electron chi connectivity index (χ3n) is 3.82. The second kappa shape index (κ2) is 6.11. The van der Waals surface area contributed by atoms with E-state index in [0.717, 1.165) is 10.9 Å². The van der Waals surface area contributed by atoms with E-state index in [4.69, 9.17) is 0 Å². The molecule has 1 aliphatic rings. The fraction of sp³-hybridized carbons (Fsp3) is 0.312. The predicted molar refractivity (Wildman–Crippen MR) is 83.0 cm³/mol. The zero-order chi connectivity index (χ0) is 15.5. The van der Waals surface area contributed by atoms with Crippen molar-refractivity contribution in [1.82, 2.24) is 20.3 Å². The molecule has 1 aromatic carbocycles. The highest BCUT2D eigenvalue weighted by Gasteiger charge is 2.20. The average Bonchev–Trinajstić information content (AvgIpc) is 2.55. The smallest absolute Gasteiger partial charge is 0.284 e. The first-order chi connectivity index (χ1) is 10.6. The Kier molecular flexibility index (Phi) is 4.02. The molecule has 1 saturated heterocycles. The molecule has 1 aromatic heterocycles. The van der Waals surface area contributed by atoms with Crippen molar-refractivity contribution in [3.05, 3.63) is 42.1 Å². The van der Waals surface area contributed by atoms with Gasteiger partial charge in [0.25, 0.3) is 5.91 Å². The van der Waals surface area contributed by atoms with Gasteiger partial charge in [0.15, 0.2) is 0 Å². The summed E-state index contributed by atoms with van der Waals surface area (Å²) in [6, 6.07) is 11.3. The van der Waals surface area contributed by atoms with Crippen LogP contribution < -0.4 is 5.43 Å². The monoisotopic (exact) mass is 298 g/mol. The summed E-state index contributed by atoms with van der Waals surface area (Å²) in [6.07, 6.45) is 0. The minimum absolute atomic E-state index is 0.0715. The predicted octanol–water partition coefficient (Wildman–Crippen LogP) is 1.04. The normalized spacial score (nSPS) is 15.8. The summed E-state index contributed by atoms with van der Waals surface area (Å²) < 4.78 is 0. The van der Waals surface area contributed by atoms with Crippen LogP contribution in [0.5, 0.6) is 0 Å². The van der Waals surface area contributed by atoms with Crippen molar-refractivity contribution in [2.75, 3.05) is 26.2 Å². The van der Waals surface area contributed by atoms with Crippen molar-refractivity contribution < 1.29 is 9.59 Å². The van der Waals surface area contributed by atoms with E-state index >= 15 is 0 Å². The number of hydrogen-bond acceptors (Lipinski definition) is 4. The summed E-state index contributed by atoms with van der Waals surface area (Å²) in [5.74, 6) is -0.149. The van der Waals surface area contributed by atoms with Crippen LogP contribution in [-0.2, 0) is 4.79 Å². The first-order valence-corrected chi connectivity index (χ1v) is 7.31. The molecule has 0 radical (unpaired) electrons. The van der Waals surface area contributed by atoms with E-state index in [1.807, 2.05) is 35.3 Å². The standard InChI is InChI=1S/C16H18N4O2/c1-12(21)19-8-10-20(11-9-19)18-16(22)15-7-6-13-4-2-3-5-14(13)17-15/h2-7H,8-11H2,1H3,(H,18,22). The largest absolute Gasteiger partial charge is 0.340 e. The summed E-state index contributed by atoms with van der Waals surface area (Å²) in [6.45, 7) is 4.06. The van der Waals surface area contributed by atoms with Crippen LogP contribution in [-0.4, -0.2) is 52.9 Å². The van der Waals surface area contributed by atoms with Gasteiger partial charge < -0.3 is 4.90 Å². The highest BCUT2D eigenvalue weighted by molar-refractivity contribution is 5.94. The molecule has 6 nitrogen and oxygen atoms in total. The first-order valence-electron chi connectivity index (χ1n) is 7.31. The second-order valence-electron chi connectivity index (χ2n) is 5.32. The fourth-order valence-electron chi connectivity index (χ4n) is 2.53. The van der Waals surface area contributed by atoms with Gasteiger partial charge in [-0.2, -0.15) is 0 Å². The quantitative estimate of drug-likeness (QED) is 0.900. The molecule has 3 rings (SSSR count). The van der Waals surface area contributed by atoms with Crippen LogP contribution in [0.2, 0.25) is 0 Å². The van der Waals surface area contributed by atoms with E-state index in [1.54, 1.807) is 17.9 Å². The van der Waals surface area contributed by atoms with Crippen molar-refractivity contribution in [3.63, 3.8) is 0 Å². The van der Waals surface area contributed by atoms with Crippen LogP contribution in [0.1, 0.15) is 17.4 Å². The Labute approximate surface area is 128 Å². The Morgan fingerprint density at radius 1 is 1.05 bits per heavy atom. The molecule has 2 aromatic rings. The van der Waals surface area contributed by atoms with Crippen LogP contribution in [0.15, 0.2) is 36.4 Å². The lowest BCUT2D eigenvalue weighted by atomic mass is 10.2. The number of para-hydroxylation sites is 1. The number of fused-ring (bicyclic) bond motifs is 1. The van der Waals surface area contributed by atoms with Gasteiger partial charge in [-0.15, -0.1) is 0 Å². The third kappa shape index (κ3) is 3.07. The van der Waals surface area contributed by atoms with E-state index in [-0.39, 0.29) is 11.8 Å². The molecule has 0 atom stereocenters. The SMILES string of the molecule is CC(=O)N1CCN(NC(=O)c2ccc3ccccc3n2)CC1. The van der Waals surface area contributed by atoms with Crippen molar-refractivity contribution in [3.8, 4) is 0 Å². The molecule has 6 heteroatoms. The van der Waals surface area contributed by atoms with Gasteiger partial charge in [-0.25, -0.2) is 9.99 Å². The molecule has 1 fully saturated rings. The van der Waals surface area contributed by atoms with Crippen LogP contribution in [0.25, 0.3) is 10.9 Å². The van der Waals surface area contributed by atoms with Crippen LogP contribution in [0, 0.1) is 0 Å². The maximum Gasteiger partial charge on any atom is 0.284 e. The van der Waals surface area contributed by atoms with Crippen molar-refractivity contribution in [2.45, 2.75) is 6.92 Å². The average molecular weight is 298 g/mol. The topological polar surface area (TPSA) is 65.5 Å². The van der Waals surface area contributed by atoms with Crippen molar-refractivity contribution >= 4 is 22.7 Å². The molecule has 114 valence electrons. The van der Waals surface area contributed by atoms with Crippen LogP contribution in [0.3, 0.4) is 0 Å². The first kappa shape index (κ1) is 14.5. The highest BCUT2D eigenvalue weighted by Crippen LogP contribution is 2.12. The molecule has 0 spiro atoms. The van der Waals surface area contributed by atoms with E-state index in [1.165, 1.54) is 0 Å². The summed E-state index contributed by atoms with van der Waals surface area (Å²) in [7, 11) is 0. The summed E-state index contributed by atoms with van der Waals surface area (Å²) >= 11 is 0. The maximum atomic E-state index is 12.3. The molecule has 0 aliphatic carbocycles. The van der Waals surface area contributed by atoms with Crippen molar-refractivity contribution in [2.24, 2.45) is 0 Å². The van der Waals surface area contributed by atoms with Gasteiger partial charge in [0.1, 0.15) is 5.69 Å². The molecule has 1 N–H and O–H groups in total. The minimum Gasteiger partial charge on any atom is -0.340 e. The maximum absolute atomic E-state index is 12.3. The molecule has 0 unspecified atom stereocenters. The van der Waals surface area contributed by atoms with Gasteiger partial charge in [0, 0.05) is 38.5 Å². The lowest BCUT2D eigenvalue weighted by Gasteiger charge is -2.34. The number of hydrazine groups is 1. The van der Waals surface area contributed by atoms with Gasteiger partial charge in [-0.1, -0.05) is 24.3 Å².